The van der Waals surface area contributed by atoms with E-state index < -0.39 is 0 Å². The zero-order chi connectivity index (χ0) is 31.8. The molecule has 0 nitrogen and oxygen atoms in total. The van der Waals surface area contributed by atoms with Crippen molar-refractivity contribution < 1.29 is 4.39 Å². The minimum Gasteiger partial charge on any atom is -0.206 e. The topological polar surface area (TPSA) is 0 Å². The summed E-state index contributed by atoms with van der Waals surface area (Å²) in [6, 6.07) is 57.8. The smallest absolute Gasteiger partial charge is 0.138 e. The molecule has 0 radical (unpaired) electrons. The van der Waals surface area contributed by atoms with Crippen molar-refractivity contribution in [2.75, 3.05) is 0 Å². The molecular weight excluding hydrogens is 604 g/mol. The van der Waals surface area contributed by atoms with E-state index in [1.165, 1.54) is 64.0 Å². The summed E-state index contributed by atoms with van der Waals surface area (Å²) < 4.78 is 18.2. The Hall–Kier alpha value is -5.83. The molecule has 0 aliphatic carbocycles. The van der Waals surface area contributed by atoms with Gasteiger partial charge in [-0.05, 0) is 83.9 Å². The molecule has 10 aromatic rings. The van der Waals surface area contributed by atoms with E-state index in [1.54, 1.807) is 0 Å². The van der Waals surface area contributed by atoms with Gasteiger partial charge in [0.1, 0.15) is 5.82 Å². The van der Waals surface area contributed by atoms with E-state index >= 15 is 4.39 Å². The molecule has 1 heterocycles. The van der Waals surface area contributed by atoms with Crippen LogP contribution in [0.25, 0.3) is 96.6 Å². The first-order valence-corrected chi connectivity index (χ1v) is 17.1. The first kappa shape index (κ1) is 27.3. The number of hydrogen-bond donors (Lipinski definition) is 0. The molecule has 48 heavy (non-hydrogen) atoms. The largest absolute Gasteiger partial charge is 0.206 e. The molecule has 0 bridgehead atoms. The molecular formula is C46H27FS. The highest BCUT2D eigenvalue weighted by Gasteiger charge is 2.19. The van der Waals surface area contributed by atoms with Gasteiger partial charge < -0.3 is 0 Å². The minimum atomic E-state index is -0.156. The van der Waals surface area contributed by atoms with Gasteiger partial charge in [-0.2, -0.15) is 0 Å². The van der Waals surface area contributed by atoms with Crippen molar-refractivity contribution in [1.29, 1.82) is 0 Å². The van der Waals surface area contributed by atoms with Gasteiger partial charge in [-0.25, -0.2) is 4.39 Å². The maximum absolute atomic E-state index is 15.7. The molecule has 0 amide bonds. The third-order valence-electron chi connectivity index (χ3n) is 9.91. The Labute approximate surface area is 280 Å². The first-order chi connectivity index (χ1) is 23.7. The molecule has 0 saturated heterocycles. The Morgan fingerprint density at radius 1 is 0.292 bits per heavy atom. The van der Waals surface area contributed by atoms with Gasteiger partial charge in [0.25, 0.3) is 0 Å². The fourth-order valence-corrected chi connectivity index (χ4v) is 8.96. The molecule has 1 aromatic heterocycles. The van der Waals surface area contributed by atoms with E-state index in [2.05, 4.69) is 115 Å². The number of halogens is 1. The molecule has 0 fully saturated rings. The standard InChI is InChI=1S/C46H27FS/c47-46-38-20-10-8-18-36(38)44(37-19-9-11-21-39(37)46)29-23-25-41-40(26-29)31-24-22-30(27-42(31)48-41)45-34-16-6-4-14-32(34)43(28-12-2-1-3-13-28)33-15-5-7-17-35(33)45/h1-27H. The normalized spacial score (nSPS) is 11.9. The lowest BCUT2D eigenvalue weighted by molar-refractivity contribution is 0.651. The van der Waals surface area contributed by atoms with Gasteiger partial charge in [0.05, 0.1) is 0 Å². The minimum absolute atomic E-state index is 0.156. The van der Waals surface area contributed by atoms with E-state index in [0.29, 0.717) is 10.8 Å². The van der Waals surface area contributed by atoms with Crippen LogP contribution in [0.5, 0.6) is 0 Å². The van der Waals surface area contributed by atoms with Crippen LogP contribution in [0, 0.1) is 5.82 Å². The van der Waals surface area contributed by atoms with Gasteiger partial charge in [0, 0.05) is 30.9 Å². The summed E-state index contributed by atoms with van der Waals surface area (Å²) in [5.74, 6) is -0.156. The third-order valence-corrected chi connectivity index (χ3v) is 11.0. The van der Waals surface area contributed by atoms with E-state index in [0.717, 1.165) is 21.9 Å². The van der Waals surface area contributed by atoms with Crippen LogP contribution in [0.4, 0.5) is 4.39 Å². The highest BCUT2D eigenvalue weighted by molar-refractivity contribution is 7.25. The number of fused-ring (bicyclic) bond motifs is 7. The van der Waals surface area contributed by atoms with Gasteiger partial charge in [-0.15, -0.1) is 11.3 Å². The molecule has 0 spiro atoms. The van der Waals surface area contributed by atoms with Crippen molar-refractivity contribution in [3.05, 3.63) is 170 Å². The zero-order valence-corrected chi connectivity index (χ0v) is 26.7. The number of benzene rings is 9. The Morgan fingerprint density at radius 2 is 0.708 bits per heavy atom. The summed E-state index contributed by atoms with van der Waals surface area (Å²) in [6.07, 6.45) is 0. The molecule has 0 saturated carbocycles. The van der Waals surface area contributed by atoms with Crippen LogP contribution in [0.3, 0.4) is 0 Å². The predicted octanol–water partition coefficient (Wildman–Crippen LogP) is 13.8. The molecule has 224 valence electrons. The molecule has 0 aliphatic heterocycles. The zero-order valence-electron chi connectivity index (χ0n) is 25.9. The van der Waals surface area contributed by atoms with E-state index in [-0.39, 0.29) is 5.82 Å². The van der Waals surface area contributed by atoms with Gasteiger partial charge in [0.2, 0.25) is 0 Å². The van der Waals surface area contributed by atoms with Crippen LogP contribution in [0.1, 0.15) is 0 Å². The van der Waals surface area contributed by atoms with Crippen LogP contribution in [-0.4, -0.2) is 0 Å². The van der Waals surface area contributed by atoms with E-state index in [9.17, 15) is 0 Å². The van der Waals surface area contributed by atoms with Crippen molar-refractivity contribution in [1.82, 2.24) is 0 Å². The predicted molar refractivity (Wildman–Crippen MR) is 206 cm³/mol. The van der Waals surface area contributed by atoms with Crippen LogP contribution in [0.2, 0.25) is 0 Å². The number of thiophene rings is 1. The summed E-state index contributed by atoms with van der Waals surface area (Å²) in [4.78, 5) is 0. The quantitative estimate of drug-likeness (QED) is 0.170. The molecule has 0 atom stereocenters. The van der Waals surface area contributed by atoms with E-state index in [4.69, 9.17) is 0 Å². The van der Waals surface area contributed by atoms with Crippen molar-refractivity contribution in [2.24, 2.45) is 0 Å². The Kier molecular flexibility index (Phi) is 6.03. The van der Waals surface area contributed by atoms with Gasteiger partial charge >= 0.3 is 0 Å². The maximum atomic E-state index is 15.7. The second-order valence-electron chi connectivity index (χ2n) is 12.5. The lowest BCUT2D eigenvalue weighted by atomic mass is 9.86. The molecule has 9 aromatic carbocycles. The van der Waals surface area contributed by atoms with E-state index in [1.807, 2.05) is 59.9 Å². The Bertz CT molecular complexity index is 2780. The SMILES string of the molecule is Fc1c2ccccc2c(-c2ccc3sc4cc(-c5c6ccccc6c(-c6ccccc6)c6ccccc56)ccc4c3c2)c2ccccc12. The molecule has 0 unspecified atom stereocenters. The summed E-state index contributed by atoms with van der Waals surface area (Å²) in [6.45, 7) is 0. The van der Waals surface area contributed by atoms with Crippen LogP contribution < -0.4 is 0 Å². The average Bonchev–Trinajstić information content (AvgIpc) is 3.51. The maximum Gasteiger partial charge on any atom is 0.138 e. The second kappa shape index (κ2) is 10.6. The molecule has 0 N–H and O–H groups in total. The van der Waals surface area contributed by atoms with Gasteiger partial charge in [-0.3, -0.25) is 0 Å². The molecule has 10 rings (SSSR count). The van der Waals surface area contributed by atoms with Crippen LogP contribution in [-0.2, 0) is 0 Å². The first-order valence-electron chi connectivity index (χ1n) is 16.3. The average molecular weight is 631 g/mol. The van der Waals surface area contributed by atoms with Crippen molar-refractivity contribution in [3.63, 3.8) is 0 Å². The number of rotatable bonds is 3. The monoisotopic (exact) mass is 630 g/mol. The van der Waals surface area contributed by atoms with Crippen molar-refractivity contribution >= 4 is 74.6 Å². The van der Waals surface area contributed by atoms with Gasteiger partial charge in [0.15, 0.2) is 0 Å². The van der Waals surface area contributed by atoms with Crippen molar-refractivity contribution in [2.45, 2.75) is 0 Å². The van der Waals surface area contributed by atoms with Crippen molar-refractivity contribution in [3.8, 4) is 33.4 Å². The third kappa shape index (κ3) is 4.00. The Balaban J connectivity index is 1.20. The lowest BCUT2D eigenvalue weighted by Crippen LogP contribution is -1.90. The summed E-state index contributed by atoms with van der Waals surface area (Å²) in [7, 11) is 0. The lowest BCUT2D eigenvalue weighted by Gasteiger charge is -2.17. The molecule has 2 heteroatoms. The van der Waals surface area contributed by atoms with Gasteiger partial charge in [-0.1, -0.05) is 146 Å². The summed E-state index contributed by atoms with van der Waals surface area (Å²) >= 11 is 1.83. The highest BCUT2D eigenvalue weighted by Crippen LogP contribution is 2.46. The fraction of sp³-hybridized carbons (Fsp3) is 0. The van der Waals surface area contributed by atoms with Crippen LogP contribution >= 0.6 is 11.3 Å². The second-order valence-corrected chi connectivity index (χ2v) is 13.6. The summed E-state index contributed by atoms with van der Waals surface area (Å²) in [5.41, 5.74) is 7.18. The molecule has 0 aliphatic rings. The number of hydrogen-bond acceptors (Lipinski definition) is 1. The highest BCUT2D eigenvalue weighted by atomic mass is 32.1. The van der Waals surface area contributed by atoms with Crippen LogP contribution in [0.15, 0.2) is 164 Å². The summed E-state index contributed by atoms with van der Waals surface area (Å²) in [5, 5.41) is 10.7. The Morgan fingerprint density at radius 3 is 1.25 bits per heavy atom. The fourth-order valence-electron chi connectivity index (χ4n) is 7.83.